The zero-order valence-electron chi connectivity index (χ0n) is 30.4. The van der Waals surface area contributed by atoms with E-state index in [0.717, 1.165) is 103 Å². The van der Waals surface area contributed by atoms with Crippen molar-refractivity contribution in [3.63, 3.8) is 0 Å². The van der Waals surface area contributed by atoms with Crippen molar-refractivity contribution in [1.29, 1.82) is 0 Å². The molecule has 0 bridgehead atoms. The van der Waals surface area contributed by atoms with E-state index in [1.54, 1.807) is 0 Å². The predicted octanol–water partition coefficient (Wildman–Crippen LogP) is 1.42. The Morgan fingerprint density at radius 3 is 0.875 bits per heavy atom. The van der Waals surface area contributed by atoms with Gasteiger partial charge in [0.1, 0.15) is 0 Å². The van der Waals surface area contributed by atoms with Crippen molar-refractivity contribution < 1.29 is 19.2 Å². The van der Waals surface area contributed by atoms with Crippen LogP contribution in [0.4, 0.5) is 19.2 Å². The van der Waals surface area contributed by atoms with E-state index in [1.807, 2.05) is 35.2 Å². The predicted molar refractivity (Wildman–Crippen MR) is 191 cm³/mol. The van der Waals surface area contributed by atoms with Gasteiger partial charge in [-0.3, -0.25) is 0 Å². The smallest absolute Gasteiger partial charge is 0.315 e. The molecule has 2 saturated carbocycles. The Kier molecular flexibility index (Phi) is 20.7. The summed E-state index contributed by atoms with van der Waals surface area (Å²) in [6, 6.07) is 0.0773. The molecule has 2 rings (SSSR count). The summed E-state index contributed by atoms with van der Waals surface area (Å²) in [5.41, 5.74) is 0. The van der Waals surface area contributed by atoms with Crippen LogP contribution in [0.5, 0.6) is 0 Å². The molecule has 278 valence electrons. The van der Waals surface area contributed by atoms with Gasteiger partial charge in [0.2, 0.25) is 0 Å². The van der Waals surface area contributed by atoms with Crippen LogP contribution in [-0.4, -0.2) is 151 Å². The molecule has 0 aliphatic heterocycles. The molecule has 2 aliphatic carbocycles. The molecule has 0 aromatic rings. The summed E-state index contributed by atoms with van der Waals surface area (Å²) < 4.78 is 0. The van der Waals surface area contributed by atoms with Crippen LogP contribution in [0.1, 0.15) is 77.0 Å². The Balaban J connectivity index is 1.41. The maximum absolute atomic E-state index is 12.4. The number of nitrogens with one attached hydrogen (secondary N) is 8. The minimum Gasteiger partial charge on any atom is -0.338 e. The Labute approximate surface area is 289 Å². The summed E-state index contributed by atoms with van der Waals surface area (Å²) in [5, 5.41) is 24.0. The van der Waals surface area contributed by atoms with Crippen LogP contribution >= 0.6 is 0 Å². The Morgan fingerprint density at radius 1 is 0.417 bits per heavy atom. The largest absolute Gasteiger partial charge is 0.338 e. The average Bonchev–Trinajstić information content (AvgIpc) is 3.03. The Bertz CT molecular complexity index is 851. The zero-order chi connectivity index (χ0) is 35.1. The third-order valence-corrected chi connectivity index (χ3v) is 8.93. The van der Waals surface area contributed by atoms with Crippen LogP contribution in [-0.2, 0) is 0 Å². The lowest BCUT2D eigenvalue weighted by atomic mass is 9.91. The first-order valence-corrected chi connectivity index (χ1v) is 18.2. The van der Waals surface area contributed by atoms with Crippen molar-refractivity contribution in [2.45, 2.75) is 101 Å². The second kappa shape index (κ2) is 24.2. The van der Waals surface area contributed by atoms with Gasteiger partial charge in [0.25, 0.3) is 0 Å². The zero-order valence-corrected chi connectivity index (χ0v) is 30.4. The van der Waals surface area contributed by atoms with Crippen molar-refractivity contribution in [3.05, 3.63) is 0 Å². The van der Waals surface area contributed by atoms with E-state index in [4.69, 9.17) is 0 Å². The molecule has 15 heteroatoms. The molecular weight excluding hydrogens is 614 g/mol. The molecule has 8 N–H and O–H groups in total. The minimum absolute atomic E-state index is 0.109. The summed E-state index contributed by atoms with van der Waals surface area (Å²) in [6.45, 7) is 6.12. The van der Waals surface area contributed by atoms with E-state index in [-0.39, 0.29) is 48.3 Å². The molecule has 0 unspecified atom stereocenters. The number of carbonyl (C=O) groups excluding carboxylic acids is 4. The molecule has 48 heavy (non-hydrogen) atoms. The molecule has 0 radical (unpaired) electrons. The van der Waals surface area contributed by atoms with Crippen LogP contribution in [0.3, 0.4) is 0 Å². The lowest BCUT2D eigenvalue weighted by Gasteiger charge is -2.29. The van der Waals surface area contributed by atoms with E-state index in [1.165, 1.54) is 0 Å². The molecule has 0 atom stereocenters. The summed E-state index contributed by atoms with van der Waals surface area (Å²) in [7, 11) is 10.1. The molecule has 2 aliphatic rings. The first kappa shape index (κ1) is 41.1. The summed E-state index contributed by atoms with van der Waals surface area (Å²) in [6.07, 6.45) is 10.4. The van der Waals surface area contributed by atoms with Gasteiger partial charge in [0.05, 0.1) is 0 Å². The lowest BCUT2D eigenvalue weighted by Crippen LogP contribution is -2.49. The number of nitrogens with zero attached hydrogens (tertiary/aromatic N) is 3. The van der Waals surface area contributed by atoms with Crippen LogP contribution in [0.15, 0.2) is 0 Å². The van der Waals surface area contributed by atoms with Gasteiger partial charge in [-0.25, -0.2) is 19.2 Å². The monoisotopic (exact) mass is 682 g/mol. The highest BCUT2D eigenvalue weighted by molar-refractivity contribution is 5.75. The topological polar surface area (TPSA) is 174 Å². The van der Waals surface area contributed by atoms with E-state index in [0.29, 0.717) is 26.2 Å². The molecule has 0 aromatic carbocycles. The standard InChI is InChI=1S/C33H67N11O4/c1-42(2)22-6-18-34-30(45)38-26-10-14-28(15-11-26)40-32(47)36-20-8-24-44(5)25-9-21-37-33(48)41-29-16-12-27(13-17-29)39-31(46)35-19-7-23-43(3)4/h26-29H,6-25H2,1-5H3,(H2,34,38,45)(H2,35,39,46)(H2,36,40,47)(H2,37,41,48). The van der Waals surface area contributed by atoms with Crippen molar-refractivity contribution in [2.75, 3.05) is 87.6 Å². The SMILES string of the molecule is CN(C)CCCNC(=O)NC1CCC(NC(=O)NCCCN(C)CCCNC(=O)NC2CCC(NC(=O)NCCCN(C)C)CC2)CC1. The van der Waals surface area contributed by atoms with E-state index in [9.17, 15) is 19.2 Å². The van der Waals surface area contributed by atoms with Crippen LogP contribution in [0, 0.1) is 0 Å². The second-order valence-corrected chi connectivity index (χ2v) is 14.0. The highest BCUT2D eigenvalue weighted by atomic mass is 16.2. The van der Waals surface area contributed by atoms with Crippen molar-refractivity contribution >= 4 is 24.1 Å². The summed E-state index contributed by atoms with van der Waals surface area (Å²) >= 11 is 0. The van der Waals surface area contributed by atoms with Gasteiger partial charge in [-0.15, -0.1) is 0 Å². The molecular formula is C33H67N11O4. The average molecular weight is 682 g/mol. The van der Waals surface area contributed by atoms with Crippen LogP contribution in [0.2, 0.25) is 0 Å². The number of rotatable bonds is 20. The van der Waals surface area contributed by atoms with Crippen LogP contribution in [0.25, 0.3) is 0 Å². The van der Waals surface area contributed by atoms with Gasteiger partial charge in [0, 0.05) is 50.3 Å². The highest BCUT2D eigenvalue weighted by Crippen LogP contribution is 2.19. The van der Waals surface area contributed by atoms with Crippen LogP contribution < -0.4 is 42.5 Å². The van der Waals surface area contributed by atoms with E-state index < -0.39 is 0 Å². The molecule has 2 fully saturated rings. The minimum atomic E-state index is -0.135. The fourth-order valence-electron chi connectivity index (χ4n) is 6.12. The molecule has 0 saturated heterocycles. The fraction of sp³-hybridized carbons (Fsp3) is 0.879. The Hall–Kier alpha value is -3.04. The van der Waals surface area contributed by atoms with Crippen molar-refractivity contribution in [3.8, 4) is 0 Å². The third-order valence-electron chi connectivity index (χ3n) is 8.93. The lowest BCUT2D eigenvalue weighted by molar-refractivity contribution is 0.220. The molecule has 0 aromatic heterocycles. The number of hydrogen-bond donors (Lipinski definition) is 8. The fourth-order valence-corrected chi connectivity index (χ4v) is 6.12. The maximum atomic E-state index is 12.4. The van der Waals surface area contributed by atoms with Crippen molar-refractivity contribution in [1.82, 2.24) is 57.2 Å². The first-order chi connectivity index (χ1) is 23.0. The Morgan fingerprint density at radius 2 is 0.646 bits per heavy atom. The number of amides is 8. The number of urea groups is 4. The number of hydrogen-bond acceptors (Lipinski definition) is 7. The second-order valence-electron chi connectivity index (χ2n) is 14.0. The first-order valence-electron chi connectivity index (χ1n) is 18.2. The molecule has 0 heterocycles. The normalized spacial score (nSPS) is 21.0. The van der Waals surface area contributed by atoms with Gasteiger partial charge in [-0.05, 0) is 138 Å². The molecule has 8 amide bonds. The quantitative estimate of drug-likeness (QED) is 0.0898. The summed E-state index contributed by atoms with van der Waals surface area (Å²) in [5.74, 6) is 0. The summed E-state index contributed by atoms with van der Waals surface area (Å²) in [4.78, 5) is 55.3. The van der Waals surface area contributed by atoms with Gasteiger partial charge in [-0.1, -0.05) is 0 Å². The van der Waals surface area contributed by atoms with Gasteiger partial charge in [0.15, 0.2) is 0 Å². The van der Waals surface area contributed by atoms with E-state index >= 15 is 0 Å². The third kappa shape index (κ3) is 20.4. The van der Waals surface area contributed by atoms with Gasteiger partial charge >= 0.3 is 24.1 Å². The van der Waals surface area contributed by atoms with Gasteiger partial charge in [-0.2, -0.15) is 0 Å². The maximum Gasteiger partial charge on any atom is 0.315 e. The van der Waals surface area contributed by atoms with E-state index in [2.05, 4.69) is 57.2 Å². The highest BCUT2D eigenvalue weighted by Gasteiger charge is 2.24. The number of carbonyl (C=O) groups is 4. The molecule has 15 nitrogen and oxygen atoms in total. The van der Waals surface area contributed by atoms with Gasteiger partial charge < -0.3 is 57.2 Å². The van der Waals surface area contributed by atoms with Crippen molar-refractivity contribution in [2.24, 2.45) is 0 Å². The molecule has 0 spiro atoms.